The minimum absolute atomic E-state index is 0.104. The molecule has 0 amide bonds. The van der Waals surface area contributed by atoms with Gasteiger partial charge in [0.05, 0.1) is 11.1 Å². The van der Waals surface area contributed by atoms with Crippen molar-refractivity contribution >= 4 is 43.4 Å². The second-order valence-electron chi connectivity index (χ2n) is 12.4. The molecule has 1 heterocycles. The smallest absolute Gasteiger partial charge is 0.175 e. The number of halogens is 2. The van der Waals surface area contributed by atoms with Gasteiger partial charge in [0.2, 0.25) is 0 Å². The monoisotopic (exact) mass is 655 g/mol. The fourth-order valence-corrected chi connectivity index (χ4v) is 6.95. The number of rotatable bonds is 6. The molecule has 2 aromatic rings. The van der Waals surface area contributed by atoms with E-state index in [1.807, 2.05) is 43.3 Å². The third-order valence-electron chi connectivity index (χ3n) is 7.68. The van der Waals surface area contributed by atoms with E-state index in [2.05, 4.69) is 64.9 Å². The number of ether oxygens (including phenoxy) is 2. The van der Waals surface area contributed by atoms with Crippen molar-refractivity contribution in [3.63, 3.8) is 0 Å². The van der Waals surface area contributed by atoms with Crippen LogP contribution < -0.4 is 14.8 Å². The van der Waals surface area contributed by atoms with Crippen LogP contribution in [0.1, 0.15) is 77.3 Å². The van der Waals surface area contributed by atoms with Crippen molar-refractivity contribution in [3.8, 4) is 11.5 Å². The maximum atomic E-state index is 13.7. The van der Waals surface area contributed by atoms with Crippen LogP contribution in [0.15, 0.2) is 67.9 Å². The third-order valence-corrected chi connectivity index (χ3v) is 8.80. The summed E-state index contributed by atoms with van der Waals surface area (Å²) in [7, 11) is 0. The lowest BCUT2D eigenvalue weighted by molar-refractivity contribution is -0.119. The second-order valence-corrected chi connectivity index (χ2v) is 14.2. The zero-order valence-electron chi connectivity index (χ0n) is 23.2. The second kappa shape index (κ2) is 10.5. The van der Waals surface area contributed by atoms with E-state index in [4.69, 9.17) is 9.47 Å². The first-order valence-electron chi connectivity index (χ1n) is 13.5. The maximum Gasteiger partial charge on any atom is 0.175 e. The quantitative estimate of drug-likeness (QED) is 0.340. The summed E-state index contributed by atoms with van der Waals surface area (Å²) in [4.78, 5) is 27.4. The highest BCUT2D eigenvalue weighted by atomic mass is 79.9. The molecule has 0 atom stereocenters. The molecule has 0 bridgehead atoms. The molecule has 0 unspecified atom stereocenters. The van der Waals surface area contributed by atoms with Gasteiger partial charge in [-0.05, 0) is 81.9 Å². The van der Waals surface area contributed by atoms with Gasteiger partial charge in [0.1, 0.15) is 6.61 Å². The molecule has 0 fully saturated rings. The third kappa shape index (κ3) is 5.76. The largest absolute Gasteiger partial charge is 0.490 e. The van der Waals surface area contributed by atoms with E-state index >= 15 is 0 Å². The van der Waals surface area contributed by atoms with E-state index in [-0.39, 0.29) is 22.4 Å². The van der Waals surface area contributed by atoms with Crippen LogP contribution in [-0.2, 0) is 16.2 Å². The molecular formula is C32H35Br2NO4. The number of carbonyl (C=O) groups excluding carboxylic acids is 2. The van der Waals surface area contributed by atoms with E-state index in [1.165, 1.54) is 0 Å². The zero-order valence-corrected chi connectivity index (χ0v) is 26.3. The van der Waals surface area contributed by atoms with Crippen LogP contribution in [-0.4, -0.2) is 18.2 Å². The number of Topliss-reactive ketones (excluding diaryl/α,β-unsaturated/α-hetero) is 2. The highest BCUT2D eigenvalue weighted by molar-refractivity contribution is 9.10. The highest BCUT2D eigenvalue weighted by Gasteiger charge is 2.46. The Kier molecular flexibility index (Phi) is 7.62. The average molecular weight is 657 g/mol. The summed E-state index contributed by atoms with van der Waals surface area (Å²) in [6.07, 6.45) is 2.45. The fraction of sp³-hybridized carbons (Fsp3) is 0.438. The molecule has 206 valence electrons. The van der Waals surface area contributed by atoms with Crippen molar-refractivity contribution < 1.29 is 19.1 Å². The van der Waals surface area contributed by atoms with Crippen molar-refractivity contribution in [3.05, 3.63) is 79.0 Å². The first-order chi connectivity index (χ1) is 18.4. The Bertz CT molecular complexity index is 1350. The summed E-state index contributed by atoms with van der Waals surface area (Å²) < 4.78 is 14.1. The lowest BCUT2D eigenvalue weighted by Crippen LogP contribution is -2.42. The van der Waals surface area contributed by atoms with E-state index in [0.717, 1.165) is 55.5 Å². The Morgan fingerprint density at radius 1 is 0.846 bits per heavy atom. The number of allylic oxidation sites excluding steroid dienone is 4. The Morgan fingerprint density at radius 2 is 1.41 bits per heavy atom. The standard InChI is InChI=1S/C32H35Br2NO4/c1-6-38-26-12-19(11-21(34)30(26)39-17-18-7-9-20(33)10-8-18)27-28-22(13-31(2,3)15-24(28)36)35-23-14-32(4,5)16-25(37)29(23)27/h7-12,27,35H,6,13-17H2,1-5H3. The molecule has 3 aliphatic rings. The molecule has 0 radical (unpaired) electrons. The van der Waals surface area contributed by atoms with Gasteiger partial charge in [-0.3, -0.25) is 9.59 Å². The maximum absolute atomic E-state index is 13.7. The van der Waals surface area contributed by atoms with Crippen LogP contribution in [0, 0.1) is 10.8 Å². The number of benzene rings is 2. The van der Waals surface area contributed by atoms with Crippen molar-refractivity contribution in [1.82, 2.24) is 5.32 Å². The van der Waals surface area contributed by atoms with Crippen LogP contribution in [0.5, 0.6) is 11.5 Å². The normalized spacial score (nSPS) is 20.4. The number of nitrogens with one attached hydrogen (secondary N) is 1. The predicted octanol–water partition coefficient (Wildman–Crippen LogP) is 8.16. The van der Waals surface area contributed by atoms with Crippen LogP contribution in [0.3, 0.4) is 0 Å². The molecule has 0 saturated carbocycles. The lowest BCUT2D eigenvalue weighted by Gasteiger charge is -2.44. The van der Waals surface area contributed by atoms with Crippen LogP contribution in [0.2, 0.25) is 0 Å². The number of carbonyl (C=O) groups is 2. The van der Waals surface area contributed by atoms with Gasteiger partial charge in [-0.1, -0.05) is 55.8 Å². The van der Waals surface area contributed by atoms with Crippen LogP contribution in [0.25, 0.3) is 0 Å². The molecule has 0 aromatic heterocycles. The first-order valence-corrected chi connectivity index (χ1v) is 15.1. The number of dihydropyridines is 1. The summed E-state index contributed by atoms with van der Waals surface area (Å²) in [5, 5.41) is 3.58. The molecule has 1 aliphatic heterocycles. The van der Waals surface area contributed by atoms with Gasteiger partial charge < -0.3 is 14.8 Å². The molecular weight excluding hydrogens is 622 g/mol. The first kappa shape index (κ1) is 28.2. The van der Waals surface area contributed by atoms with Crippen LogP contribution >= 0.6 is 31.9 Å². The number of hydrogen-bond donors (Lipinski definition) is 1. The van der Waals surface area contributed by atoms with Gasteiger partial charge in [-0.2, -0.15) is 0 Å². The predicted molar refractivity (Wildman–Crippen MR) is 160 cm³/mol. The summed E-state index contributed by atoms with van der Waals surface area (Å²) in [5.74, 6) is 0.974. The Labute approximate surface area is 247 Å². The van der Waals surface area contributed by atoms with E-state index < -0.39 is 5.92 Å². The lowest BCUT2D eigenvalue weighted by atomic mass is 9.64. The van der Waals surface area contributed by atoms with E-state index in [9.17, 15) is 9.59 Å². The van der Waals surface area contributed by atoms with E-state index in [1.54, 1.807) is 0 Å². The highest BCUT2D eigenvalue weighted by Crippen LogP contribution is 2.52. The molecule has 5 rings (SSSR count). The summed E-state index contributed by atoms with van der Waals surface area (Å²) in [6, 6.07) is 11.9. The Balaban J connectivity index is 1.60. The zero-order chi connectivity index (χ0) is 28.1. The SMILES string of the molecule is CCOc1cc(C2C3=C(CC(C)(C)CC3=O)NC3=C2C(=O)CC(C)(C)C3)cc(Br)c1OCc1ccc(Br)cc1. The Morgan fingerprint density at radius 3 is 1.95 bits per heavy atom. The molecule has 0 spiro atoms. The molecule has 2 aromatic carbocycles. The Hall–Kier alpha value is -2.38. The van der Waals surface area contributed by atoms with Gasteiger partial charge in [0, 0.05) is 45.8 Å². The molecule has 5 nitrogen and oxygen atoms in total. The van der Waals surface area contributed by atoms with Gasteiger partial charge in [-0.15, -0.1) is 0 Å². The fourth-order valence-electron chi connectivity index (χ4n) is 6.12. The van der Waals surface area contributed by atoms with Crippen molar-refractivity contribution in [1.29, 1.82) is 0 Å². The van der Waals surface area contributed by atoms with Crippen molar-refractivity contribution in [2.24, 2.45) is 10.8 Å². The van der Waals surface area contributed by atoms with Crippen molar-refractivity contribution in [2.75, 3.05) is 6.61 Å². The summed E-state index contributed by atoms with van der Waals surface area (Å²) >= 11 is 7.20. The summed E-state index contributed by atoms with van der Waals surface area (Å²) in [6.45, 7) is 11.3. The summed E-state index contributed by atoms with van der Waals surface area (Å²) in [5.41, 5.74) is 4.97. The van der Waals surface area contributed by atoms with E-state index in [0.29, 0.717) is 37.6 Å². The topological polar surface area (TPSA) is 64.6 Å². The van der Waals surface area contributed by atoms with Gasteiger partial charge >= 0.3 is 0 Å². The van der Waals surface area contributed by atoms with Crippen molar-refractivity contribution in [2.45, 2.75) is 72.8 Å². The molecule has 39 heavy (non-hydrogen) atoms. The van der Waals surface area contributed by atoms with Gasteiger partial charge in [0.25, 0.3) is 0 Å². The molecule has 2 aliphatic carbocycles. The average Bonchev–Trinajstić information content (AvgIpc) is 2.81. The minimum Gasteiger partial charge on any atom is -0.490 e. The van der Waals surface area contributed by atoms with Gasteiger partial charge in [-0.25, -0.2) is 0 Å². The van der Waals surface area contributed by atoms with Gasteiger partial charge in [0.15, 0.2) is 23.1 Å². The molecule has 1 N–H and O–H groups in total. The number of hydrogen-bond acceptors (Lipinski definition) is 5. The van der Waals surface area contributed by atoms with Crippen LogP contribution in [0.4, 0.5) is 0 Å². The number of ketones is 2. The molecule has 7 heteroatoms. The molecule has 0 saturated heterocycles. The minimum atomic E-state index is -0.431.